The van der Waals surface area contributed by atoms with Gasteiger partial charge >= 0.3 is 0 Å². The van der Waals surface area contributed by atoms with Gasteiger partial charge in [-0.05, 0) is 0 Å². The van der Waals surface area contributed by atoms with Crippen LogP contribution in [-0.2, 0) is 14.6 Å². The van der Waals surface area contributed by atoms with Gasteiger partial charge in [-0.1, -0.05) is 6.08 Å². The number of rotatable bonds is 0. The summed E-state index contributed by atoms with van der Waals surface area (Å²) in [5.41, 5.74) is 0. The smallest absolute Gasteiger partial charge is 0.230 e. The lowest BCUT2D eigenvalue weighted by Gasteiger charge is -2.39. The van der Waals surface area contributed by atoms with Gasteiger partial charge in [-0.15, -0.1) is 0 Å². The molecular formula is C6H7NO3S. The van der Waals surface area contributed by atoms with Crippen molar-refractivity contribution in [1.29, 1.82) is 0 Å². The third-order valence-electron chi connectivity index (χ3n) is 1.96. The molecule has 0 aromatic carbocycles. The zero-order valence-corrected chi connectivity index (χ0v) is 6.54. The zero-order chi connectivity index (χ0) is 8.06. The van der Waals surface area contributed by atoms with Crippen molar-refractivity contribution in [2.45, 2.75) is 11.8 Å². The van der Waals surface area contributed by atoms with E-state index < -0.39 is 15.2 Å². The highest BCUT2D eigenvalue weighted by Gasteiger charge is 2.45. The maximum atomic E-state index is 11.1. The Morgan fingerprint density at radius 2 is 2.27 bits per heavy atom. The topological polar surface area (TPSA) is 54.5 Å². The van der Waals surface area contributed by atoms with E-state index >= 15 is 0 Å². The van der Waals surface area contributed by atoms with Crippen molar-refractivity contribution in [2.75, 3.05) is 5.75 Å². The van der Waals surface area contributed by atoms with Crippen molar-refractivity contribution in [3.8, 4) is 0 Å². The number of hydrogen-bond acceptors (Lipinski definition) is 3. The van der Waals surface area contributed by atoms with Crippen LogP contribution in [0, 0.1) is 0 Å². The molecule has 5 heteroatoms. The molecule has 2 aliphatic heterocycles. The van der Waals surface area contributed by atoms with Crippen LogP contribution < -0.4 is 0 Å². The van der Waals surface area contributed by atoms with Crippen LogP contribution in [0.25, 0.3) is 0 Å². The Hall–Kier alpha value is -0.840. The minimum absolute atomic E-state index is 0.0709. The molecule has 4 nitrogen and oxygen atoms in total. The number of β-lactam (4-membered cyclic amide) rings is 1. The standard InChI is InChI=1S/C6H7NO3S/c8-5-4-6-7(5)2-1-3-11(6,9)10/h1-2,6H,3-4H2. The number of carbonyl (C=O) groups is 1. The lowest BCUT2D eigenvalue weighted by Crippen LogP contribution is -2.55. The maximum Gasteiger partial charge on any atom is 0.230 e. The Bertz CT molecular complexity index is 330. The first-order valence-corrected chi connectivity index (χ1v) is 5.02. The van der Waals surface area contributed by atoms with Gasteiger partial charge in [-0.25, -0.2) is 8.42 Å². The molecule has 2 rings (SSSR count). The quantitative estimate of drug-likeness (QED) is 0.463. The molecular weight excluding hydrogens is 166 g/mol. The summed E-state index contributed by atoms with van der Waals surface area (Å²) in [6.45, 7) is 0. The Labute approximate surface area is 64.4 Å². The molecule has 60 valence electrons. The zero-order valence-electron chi connectivity index (χ0n) is 5.73. The van der Waals surface area contributed by atoms with Crippen LogP contribution in [-0.4, -0.2) is 30.4 Å². The molecule has 2 heterocycles. The lowest BCUT2D eigenvalue weighted by molar-refractivity contribution is -0.137. The fourth-order valence-electron chi connectivity index (χ4n) is 1.28. The summed E-state index contributed by atoms with van der Waals surface area (Å²) in [6, 6.07) is 0. The van der Waals surface area contributed by atoms with Crippen LogP contribution in [0.2, 0.25) is 0 Å². The van der Waals surface area contributed by atoms with Crippen LogP contribution in [0.4, 0.5) is 0 Å². The molecule has 1 unspecified atom stereocenters. The normalized spacial score (nSPS) is 32.9. The van der Waals surface area contributed by atoms with E-state index in [1.807, 2.05) is 0 Å². The van der Waals surface area contributed by atoms with E-state index in [9.17, 15) is 13.2 Å². The van der Waals surface area contributed by atoms with Crippen molar-refractivity contribution in [1.82, 2.24) is 4.90 Å². The summed E-state index contributed by atoms with van der Waals surface area (Å²) >= 11 is 0. The Morgan fingerprint density at radius 3 is 2.82 bits per heavy atom. The van der Waals surface area contributed by atoms with Gasteiger partial charge in [0.05, 0.1) is 12.2 Å². The Balaban J connectivity index is 2.39. The monoisotopic (exact) mass is 173 g/mol. The summed E-state index contributed by atoms with van der Waals surface area (Å²) in [5.74, 6) is -0.0314. The average molecular weight is 173 g/mol. The fraction of sp³-hybridized carbons (Fsp3) is 0.500. The molecule has 1 atom stereocenters. The summed E-state index contributed by atoms with van der Waals surface area (Å²) in [7, 11) is -3.04. The molecule has 0 saturated carbocycles. The van der Waals surface area contributed by atoms with Gasteiger partial charge < -0.3 is 4.90 Å². The number of nitrogens with zero attached hydrogens (tertiary/aromatic N) is 1. The fourth-order valence-corrected chi connectivity index (χ4v) is 2.79. The van der Waals surface area contributed by atoms with Gasteiger partial charge in [-0.2, -0.15) is 0 Å². The average Bonchev–Trinajstić information content (AvgIpc) is 1.91. The van der Waals surface area contributed by atoms with Gasteiger partial charge in [0.15, 0.2) is 9.84 Å². The van der Waals surface area contributed by atoms with Crippen molar-refractivity contribution < 1.29 is 13.2 Å². The minimum atomic E-state index is -3.04. The van der Waals surface area contributed by atoms with Crippen LogP contribution >= 0.6 is 0 Å². The predicted molar refractivity (Wildman–Crippen MR) is 38.2 cm³/mol. The summed E-state index contributed by atoms with van der Waals surface area (Å²) in [4.78, 5) is 12.0. The minimum Gasteiger partial charge on any atom is -0.301 e. The van der Waals surface area contributed by atoms with Gasteiger partial charge in [0.2, 0.25) is 5.91 Å². The molecule has 0 spiro atoms. The Kier molecular flexibility index (Phi) is 1.15. The maximum absolute atomic E-state index is 11.1. The van der Waals surface area contributed by atoms with Crippen molar-refractivity contribution in [2.24, 2.45) is 0 Å². The van der Waals surface area contributed by atoms with E-state index in [0.29, 0.717) is 0 Å². The van der Waals surface area contributed by atoms with Gasteiger partial charge in [0.1, 0.15) is 5.37 Å². The molecule has 0 radical (unpaired) electrons. The van der Waals surface area contributed by atoms with E-state index in [1.165, 1.54) is 11.0 Å². The predicted octanol–water partition coefficient (Wildman–Crippen LogP) is -0.513. The first-order chi connectivity index (χ1) is 5.11. The number of hydrogen-bond donors (Lipinski definition) is 0. The molecule has 0 bridgehead atoms. The first kappa shape index (κ1) is 6.84. The molecule has 0 aromatic rings. The highest BCUT2D eigenvalue weighted by molar-refractivity contribution is 7.92. The van der Waals surface area contributed by atoms with E-state index in [0.717, 1.165) is 0 Å². The molecule has 0 aromatic heterocycles. The van der Waals surface area contributed by atoms with Gasteiger partial charge in [-0.3, -0.25) is 4.79 Å². The highest BCUT2D eigenvalue weighted by Crippen LogP contribution is 2.28. The van der Waals surface area contributed by atoms with Crippen molar-refractivity contribution >= 4 is 15.7 Å². The van der Waals surface area contributed by atoms with Crippen LogP contribution in [0.5, 0.6) is 0 Å². The Morgan fingerprint density at radius 1 is 1.55 bits per heavy atom. The molecule has 0 N–H and O–H groups in total. The summed E-state index contributed by atoms with van der Waals surface area (Å²) in [5, 5.41) is -0.556. The molecule has 1 amide bonds. The number of sulfone groups is 1. The molecule has 11 heavy (non-hydrogen) atoms. The second-order valence-corrected chi connectivity index (χ2v) is 4.88. The second kappa shape index (κ2) is 1.85. The molecule has 0 aliphatic carbocycles. The number of carbonyl (C=O) groups excluding carboxylic acids is 1. The molecule has 1 saturated heterocycles. The van der Waals surface area contributed by atoms with Gasteiger partial charge in [0, 0.05) is 6.20 Å². The second-order valence-electron chi connectivity index (χ2n) is 2.67. The van der Waals surface area contributed by atoms with Crippen LogP contribution in [0.3, 0.4) is 0 Å². The van der Waals surface area contributed by atoms with E-state index in [-0.39, 0.29) is 18.1 Å². The number of fused-ring (bicyclic) bond motifs is 1. The highest BCUT2D eigenvalue weighted by atomic mass is 32.2. The van der Waals surface area contributed by atoms with Crippen LogP contribution in [0.1, 0.15) is 6.42 Å². The summed E-state index contributed by atoms with van der Waals surface area (Å²) < 4.78 is 22.3. The first-order valence-electron chi connectivity index (χ1n) is 3.31. The lowest BCUT2D eigenvalue weighted by atomic mass is 10.2. The third kappa shape index (κ3) is 0.805. The van der Waals surface area contributed by atoms with Crippen molar-refractivity contribution in [3.63, 3.8) is 0 Å². The third-order valence-corrected chi connectivity index (χ3v) is 3.84. The molecule has 1 fully saturated rings. The summed E-state index contributed by atoms with van der Waals surface area (Å²) in [6.07, 6.45) is 3.22. The van der Waals surface area contributed by atoms with Gasteiger partial charge in [0.25, 0.3) is 0 Å². The largest absolute Gasteiger partial charge is 0.301 e. The SMILES string of the molecule is O=C1CC2N1C=CCS2(=O)=O. The van der Waals surface area contributed by atoms with E-state index in [1.54, 1.807) is 6.20 Å². The van der Waals surface area contributed by atoms with E-state index in [4.69, 9.17) is 0 Å². The molecule has 2 aliphatic rings. The van der Waals surface area contributed by atoms with E-state index in [2.05, 4.69) is 0 Å². The van der Waals surface area contributed by atoms with Crippen molar-refractivity contribution in [3.05, 3.63) is 12.3 Å². The van der Waals surface area contributed by atoms with Crippen LogP contribution in [0.15, 0.2) is 12.3 Å². The number of amides is 1.